The molecule has 12 nitrogen and oxygen atoms in total. The van der Waals surface area contributed by atoms with E-state index in [1.165, 1.54) is 22.3 Å². The molecule has 0 unspecified atom stereocenters. The van der Waals surface area contributed by atoms with E-state index in [0.29, 0.717) is 59.4 Å². The Morgan fingerprint density at radius 1 is 0.457 bits per heavy atom. The van der Waals surface area contributed by atoms with E-state index in [1.807, 2.05) is 58.9 Å². The van der Waals surface area contributed by atoms with E-state index in [2.05, 4.69) is 133 Å². The Balaban J connectivity index is 0.000000202. The molecule has 12 aliphatic rings. The van der Waals surface area contributed by atoms with E-state index in [0.717, 1.165) is 151 Å². The molecule has 0 radical (unpaired) electrons. The molecular weight excluding hydrogens is 1490 g/mol. The SMILES string of the molecule is C/C(=C\[C@@]12CC[C@]3(C)[C@H](CC[C@@H]4[C@@]5(C)CC[C@H](OC(=O)CC(C)(C)C(=O)O)C(C)(C)[C@@H]5CC[C@]43C)C1=C(C(C)C)C(=O)C2)C(=O)CC1(c2ccc(Cl)cc2)CC1.C/C(=C\[C@@]12CC[C@]3(C)[C@H](CC[C@@H]4[C@@]5(C)CC[C@H](OC(=O)CC(C)(C)C(=O)OC(C)(C)C)C(C)(C)[C@@H]5CC[C@]43C)C1=C(C(C)C)C(=O)C2)C(=O)CC1(c2ccc(Cl)cc2)CC1. The third kappa shape index (κ3) is 14.8. The van der Waals surface area contributed by atoms with E-state index in [1.54, 1.807) is 27.7 Å². The van der Waals surface area contributed by atoms with Crippen molar-refractivity contribution < 1.29 is 57.7 Å². The van der Waals surface area contributed by atoms with E-state index in [9.17, 15) is 43.5 Å². The number of ketones is 4. The third-order valence-corrected chi connectivity index (χ3v) is 36.1. The highest BCUT2D eigenvalue weighted by atomic mass is 35.5. The van der Waals surface area contributed by atoms with Gasteiger partial charge in [-0.25, -0.2) is 0 Å². The van der Waals surface area contributed by atoms with E-state index >= 15 is 0 Å². The van der Waals surface area contributed by atoms with Gasteiger partial charge in [0.2, 0.25) is 0 Å². The smallest absolute Gasteiger partial charge is 0.312 e. The molecule has 0 amide bonds. The quantitative estimate of drug-likeness (QED) is 0.0753. The van der Waals surface area contributed by atoms with Crippen LogP contribution in [0.3, 0.4) is 0 Å². The molecule has 2 aromatic carbocycles. The molecule has 10 fully saturated rings. The van der Waals surface area contributed by atoms with Crippen molar-refractivity contribution in [3.05, 3.63) is 115 Å². The minimum atomic E-state index is -1.17. The first-order valence-corrected chi connectivity index (χ1v) is 45.8. The first kappa shape index (κ1) is 88.3. The molecule has 0 spiro atoms. The summed E-state index contributed by atoms with van der Waals surface area (Å²) in [7, 11) is 0. The van der Waals surface area contributed by atoms with E-state index < -0.39 is 39.2 Å². The Morgan fingerprint density at radius 2 is 0.810 bits per heavy atom. The highest BCUT2D eigenvalue weighted by Crippen LogP contribution is 2.80. The van der Waals surface area contributed by atoms with Gasteiger partial charge in [-0.15, -0.1) is 0 Å². The van der Waals surface area contributed by atoms with Gasteiger partial charge in [-0.3, -0.25) is 38.4 Å². The predicted octanol–water partition coefficient (Wildman–Crippen LogP) is 24.6. The average molecular weight is 1630 g/mol. The van der Waals surface area contributed by atoms with Crippen LogP contribution in [0.5, 0.6) is 0 Å². The number of carboxylic acids is 1. The average Bonchev–Trinajstić information content (AvgIpc) is 1.29. The summed E-state index contributed by atoms with van der Waals surface area (Å²) in [5.74, 6) is 1.42. The molecule has 116 heavy (non-hydrogen) atoms. The van der Waals surface area contributed by atoms with Crippen molar-refractivity contribution in [2.24, 2.45) is 112 Å². The van der Waals surface area contributed by atoms with Crippen molar-refractivity contribution in [3.8, 4) is 0 Å². The number of fused-ring (bicyclic) bond motifs is 14. The van der Waals surface area contributed by atoms with Crippen molar-refractivity contribution in [2.45, 2.75) is 355 Å². The number of rotatable bonds is 20. The number of allylic oxidation sites excluding steroid dienone is 8. The van der Waals surface area contributed by atoms with Crippen molar-refractivity contribution in [3.63, 3.8) is 0 Å². The lowest BCUT2D eigenvalue weighted by molar-refractivity contribution is -0.232. The van der Waals surface area contributed by atoms with Crippen molar-refractivity contribution in [2.75, 3.05) is 0 Å². The zero-order chi connectivity index (χ0) is 85.2. The van der Waals surface area contributed by atoms with Crippen LogP contribution in [0, 0.1) is 112 Å². The van der Waals surface area contributed by atoms with Gasteiger partial charge < -0.3 is 19.3 Å². The van der Waals surface area contributed by atoms with Gasteiger partial charge in [0.25, 0.3) is 0 Å². The molecule has 16 atom stereocenters. The summed E-state index contributed by atoms with van der Waals surface area (Å²) in [6, 6.07) is 16.0. The fourth-order valence-electron chi connectivity index (χ4n) is 28.6. The maximum atomic E-state index is 14.3. The molecule has 2 aromatic rings. The number of aliphatic carboxylic acids is 1. The number of esters is 3. The highest BCUT2D eigenvalue weighted by molar-refractivity contribution is 6.30. The van der Waals surface area contributed by atoms with Crippen molar-refractivity contribution in [1.29, 1.82) is 0 Å². The fourth-order valence-corrected chi connectivity index (χ4v) is 28.9. The first-order chi connectivity index (χ1) is 53.6. The summed E-state index contributed by atoms with van der Waals surface area (Å²) in [5, 5.41) is 11.1. The Morgan fingerprint density at radius 3 is 1.14 bits per heavy atom. The highest BCUT2D eigenvalue weighted by Gasteiger charge is 2.73. The summed E-state index contributed by atoms with van der Waals surface area (Å²) in [4.78, 5) is 108. The Kier molecular flexibility index (Phi) is 22.8. The van der Waals surface area contributed by atoms with Crippen LogP contribution >= 0.6 is 23.2 Å². The molecule has 0 heterocycles. The predicted molar refractivity (Wildman–Crippen MR) is 460 cm³/mol. The van der Waals surface area contributed by atoms with Gasteiger partial charge in [0.15, 0.2) is 23.1 Å². The largest absolute Gasteiger partial charge is 0.481 e. The second kappa shape index (κ2) is 30.0. The fraction of sp³-hybridized carbons (Fsp3) is 0.725. The molecule has 0 aromatic heterocycles. The number of benzene rings is 2. The van der Waals surface area contributed by atoms with Crippen LogP contribution < -0.4 is 0 Å². The molecule has 0 saturated heterocycles. The van der Waals surface area contributed by atoms with Crippen LogP contribution in [-0.2, 0) is 63.4 Å². The standard InChI is InChI=1S/C53H75ClO6.C49H67ClO6/c1-32(2)43-38(56)30-53(28-33(3)37(55)29-52(26-27-52)34-14-16-35(54)17-15-34)25-24-50(12)36(44(43)53)18-19-40-49(11)22-21-41(48(9,10)39(49)20-23-51(40,50)13)59-42(57)31-47(7,8)45(58)60-46(4,5)6;1-29(2)40-35(52)27-49(25-30(3)34(51)26-48(23-24-48)31-11-13-32(50)14-12-31)22-21-46(9)33(41(40)49)15-16-37-45(8)19-18-38(56-39(53)28-43(4,5)42(54)55)44(6,7)36(45)17-20-47(37,46)10/h14-17,28,32,36,39-41H,18-27,29-31H2,1-13H3;11-14,25,29,33,36-38H,15-24,26-28H2,1-10H3,(H,54,55)/b33-28+;30-25+/t36-,39+,40-,41+,49+,50-,51-,53-;33-,36+,37-,38+,45+,46-,47-,49-/m11/s1. The Hall–Kier alpha value is -5.46. The van der Waals surface area contributed by atoms with Gasteiger partial charge in [-0.05, 0) is 339 Å². The summed E-state index contributed by atoms with van der Waals surface area (Å²) < 4.78 is 18.2. The lowest BCUT2D eigenvalue weighted by atomic mass is 9.33. The maximum Gasteiger partial charge on any atom is 0.312 e. The van der Waals surface area contributed by atoms with E-state index in [-0.39, 0.29) is 138 Å². The van der Waals surface area contributed by atoms with Crippen LogP contribution in [0.1, 0.15) is 337 Å². The molecule has 1 N–H and O–H groups in total. The molecule has 12 aliphatic carbocycles. The minimum absolute atomic E-state index is 0.00176. The van der Waals surface area contributed by atoms with Crippen LogP contribution in [0.15, 0.2) is 94.1 Å². The van der Waals surface area contributed by atoms with Crippen LogP contribution in [0.2, 0.25) is 10.0 Å². The summed E-state index contributed by atoms with van der Waals surface area (Å²) >= 11 is 12.4. The zero-order valence-corrected chi connectivity index (χ0v) is 76.6. The first-order valence-electron chi connectivity index (χ1n) is 45.0. The molecule has 14 heteroatoms. The molecule has 14 rings (SSSR count). The lowest BCUT2D eigenvalue weighted by Crippen LogP contribution is -2.65. The minimum Gasteiger partial charge on any atom is -0.481 e. The van der Waals surface area contributed by atoms with Gasteiger partial charge in [0, 0.05) is 68.2 Å². The van der Waals surface area contributed by atoms with E-state index in [4.69, 9.17) is 37.4 Å². The number of Topliss-reactive ketones (excluding diaryl/α,β-unsaturated/α-hetero) is 4. The monoisotopic (exact) mass is 1630 g/mol. The Bertz CT molecular complexity index is 4430. The number of carbonyl (C=O) groups excluding carboxylic acids is 7. The number of hydrogen-bond donors (Lipinski definition) is 1. The topological polar surface area (TPSA) is 184 Å². The van der Waals surface area contributed by atoms with Crippen LogP contribution in [0.25, 0.3) is 0 Å². The lowest BCUT2D eigenvalue weighted by Gasteiger charge is -2.72. The third-order valence-electron chi connectivity index (χ3n) is 35.6. The van der Waals surface area contributed by atoms with Gasteiger partial charge in [-0.1, -0.05) is 157 Å². The number of halogens is 2. The van der Waals surface area contributed by atoms with Gasteiger partial charge >= 0.3 is 23.9 Å². The number of ether oxygens (including phenoxy) is 3. The van der Waals surface area contributed by atoms with Crippen molar-refractivity contribution >= 4 is 70.2 Å². The maximum absolute atomic E-state index is 14.3. The second-order valence-electron chi connectivity index (χ2n) is 45.7. The molecule has 0 bridgehead atoms. The normalized spacial score (nSPS) is 36.5. The van der Waals surface area contributed by atoms with Gasteiger partial charge in [0.05, 0.1) is 23.7 Å². The Labute approximate surface area is 706 Å². The number of carboxylic acid groups (broad SMARTS) is 1. The number of hydrogen-bond acceptors (Lipinski definition) is 11. The molecule has 636 valence electrons. The molecule has 0 aliphatic heterocycles. The summed E-state index contributed by atoms with van der Waals surface area (Å²) in [6.07, 6.45) is 26.0. The molecular formula is C102H142Cl2O12. The van der Waals surface area contributed by atoms with Crippen molar-refractivity contribution in [1.82, 2.24) is 0 Å². The summed E-state index contributed by atoms with van der Waals surface area (Å²) in [6.45, 7) is 49.6. The molecule has 10 saturated carbocycles. The zero-order valence-electron chi connectivity index (χ0n) is 75.1. The van der Waals surface area contributed by atoms with Crippen LogP contribution in [0.4, 0.5) is 0 Å². The van der Waals surface area contributed by atoms with Gasteiger partial charge in [0.1, 0.15) is 17.8 Å². The second-order valence-corrected chi connectivity index (χ2v) is 46.6. The number of carbonyl (C=O) groups is 8. The summed E-state index contributed by atoms with van der Waals surface area (Å²) in [5.41, 5.74) is 4.84. The van der Waals surface area contributed by atoms with Gasteiger partial charge in [-0.2, -0.15) is 0 Å². The van der Waals surface area contributed by atoms with Crippen LogP contribution in [-0.4, -0.2) is 69.9 Å².